The number of rotatable bonds is 5. The van der Waals surface area contributed by atoms with Crippen molar-refractivity contribution in [1.82, 2.24) is 10.3 Å². The molecule has 2 N–H and O–H groups in total. The number of carboxylic acid groups (broad SMARTS) is 1. The van der Waals surface area contributed by atoms with E-state index < -0.39 is 23.6 Å². The molecule has 0 bridgehead atoms. The number of ether oxygens (including phenoxy) is 1. The molecule has 1 aliphatic rings. The molecule has 1 amide bonds. The predicted molar refractivity (Wildman–Crippen MR) is 123 cm³/mol. The fraction of sp³-hybridized carbons (Fsp3) is 0.217. The molecule has 5 rings (SSSR count). The highest BCUT2D eigenvalue weighted by Crippen LogP contribution is 2.52. The van der Waals surface area contributed by atoms with Crippen LogP contribution in [0.25, 0.3) is 9.40 Å². The smallest absolute Gasteiger partial charge is 0.413 e. The van der Waals surface area contributed by atoms with E-state index in [4.69, 9.17) is 9.37 Å². The van der Waals surface area contributed by atoms with Crippen LogP contribution in [0.3, 0.4) is 0 Å². The van der Waals surface area contributed by atoms with Crippen molar-refractivity contribution in [3.05, 3.63) is 63.5 Å². The van der Waals surface area contributed by atoms with Crippen molar-refractivity contribution in [2.24, 2.45) is 0 Å². The Morgan fingerprint density at radius 2 is 1.91 bits per heavy atom. The van der Waals surface area contributed by atoms with Gasteiger partial charge in [-0.05, 0) is 59.6 Å². The third kappa shape index (κ3) is 4.20. The zero-order valence-corrected chi connectivity index (χ0v) is 19.0. The summed E-state index contributed by atoms with van der Waals surface area (Å²) in [6.07, 6.45) is 0.233. The fourth-order valence-electron chi connectivity index (χ4n) is 3.38. The van der Waals surface area contributed by atoms with Gasteiger partial charge in [0.1, 0.15) is 11.5 Å². The topological polar surface area (TPSA) is 115 Å². The number of anilines is 1. The van der Waals surface area contributed by atoms with Crippen LogP contribution in [-0.2, 0) is 14.9 Å². The van der Waals surface area contributed by atoms with Gasteiger partial charge in [-0.25, -0.2) is 9.42 Å². The molecule has 1 fully saturated rings. The Morgan fingerprint density at radius 3 is 2.61 bits per heavy atom. The van der Waals surface area contributed by atoms with Crippen molar-refractivity contribution in [3.63, 3.8) is 0 Å². The van der Waals surface area contributed by atoms with E-state index in [0.717, 1.165) is 24.7 Å². The number of aliphatic carboxylic acids is 1. The van der Waals surface area contributed by atoms with Crippen molar-refractivity contribution >= 4 is 50.0 Å². The number of amides is 1. The third-order valence-electron chi connectivity index (χ3n) is 5.40. The Morgan fingerprint density at radius 1 is 1.15 bits per heavy atom. The Balaban J connectivity index is 1.27. The van der Waals surface area contributed by atoms with Gasteiger partial charge < -0.3 is 9.84 Å². The summed E-state index contributed by atoms with van der Waals surface area (Å²) < 4.78 is 12.1. The van der Waals surface area contributed by atoms with E-state index in [9.17, 15) is 14.7 Å². The van der Waals surface area contributed by atoms with Gasteiger partial charge in [-0.15, -0.1) is 22.7 Å². The van der Waals surface area contributed by atoms with E-state index in [1.165, 1.54) is 22.7 Å². The largest absolute Gasteiger partial charge is 0.481 e. The second-order valence-corrected chi connectivity index (χ2v) is 9.80. The molecule has 166 valence electrons. The molecule has 8 nitrogen and oxygen atoms in total. The first-order chi connectivity index (χ1) is 15.9. The Labute approximate surface area is 196 Å². The number of nitrogens with zero attached hydrogens (tertiary/aromatic N) is 2. The maximum Gasteiger partial charge on any atom is 0.413 e. The van der Waals surface area contributed by atoms with E-state index in [1.807, 2.05) is 42.5 Å². The standard InChI is InChI=1S/C23H17N3O5S2/c1-13(14-5-3-2-4-6-14)30-22(29)24-20-16(25-31-26-20)8-7-15-11-17-18(32-15)12-19(33-17)23(9-10-23)21(27)28/h2-6,11-13H,9-10H2,1H3,(H,27,28)(H,24,26,29). The first-order valence-electron chi connectivity index (χ1n) is 10.1. The monoisotopic (exact) mass is 479 g/mol. The summed E-state index contributed by atoms with van der Waals surface area (Å²) in [7, 11) is 0. The van der Waals surface area contributed by atoms with Gasteiger partial charge in [0.05, 0.1) is 4.88 Å². The van der Waals surface area contributed by atoms with E-state index in [0.29, 0.717) is 12.8 Å². The molecule has 1 saturated carbocycles. The quantitative estimate of drug-likeness (QED) is 0.379. The summed E-state index contributed by atoms with van der Waals surface area (Å²) in [5.74, 6) is 5.18. The molecule has 10 heteroatoms. The molecule has 0 saturated heterocycles. The SMILES string of the molecule is CC(OC(=O)Nc1nonc1C#Cc1cc2sc(C3(C(=O)O)CC3)cc2s1)c1ccccc1. The average Bonchev–Trinajstić information content (AvgIpc) is 3.12. The molecule has 1 aromatic carbocycles. The van der Waals surface area contributed by atoms with Crippen molar-refractivity contribution in [2.75, 3.05) is 5.32 Å². The molecular weight excluding hydrogens is 462 g/mol. The Bertz CT molecular complexity index is 1370. The molecule has 3 heterocycles. The summed E-state index contributed by atoms with van der Waals surface area (Å²) in [5, 5.41) is 19.4. The minimum absolute atomic E-state index is 0.0746. The molecular formula is C23H17N3O5S2. The third-order valence-corrected chi connectivity index (χ3v) is 7.82. The van der Waals surface area contributed by atoms with Crippen molar-refractivity contribution in [2.45, 2.75) is 31.3 Å². The number of nitrogens with one attached hydrogen (secondary N) is 1. The van der Waals surface area contributed by atoms with Gasteiger partial charge in [-0.3, -0.25) is 10.1 Å². The highest BCUT2D eigenvalue weighted by Gasteiger charge is 2.53. The van der Waals surface area contributed by atoms with Gasteiger partial charge in [0.2, 0.25) is 11.5 Å². The highest BCUT2D eigenvalue weighted by molar-refractivity contribution is 7.28. The van der Waals surface area contributed by atoms with E-state index >= 15 is 0 Å². The number of benzene rings is 1. The summed E-state index contributed by atoms with van der Waals surface area (Å²) >= 11 is 2.97. The minimum atomic E-state index is -0.758. The zero-order chi connectivity index (χ0) is 23.0. The lowest BCUT2D eigenvalue weighted by Gasteiger charge is -2.13. The predicted octanol–water partition coefficient (Wildman–Crippen LogP) is 5.17. The minimum Gasteiger partial charge on any atom is -0.481 e. The highest BCUT2D eigenvalue weighted by atomic mass is 32.1. The van der Waals surface area contributed by atoms with Gasteiger partial charge in [-0.2, -0.15) is 0 Å². The first-order valence-corrected chi connectivity index (χ1v) is 11.7. The van der Waals surface area contributed by atoms with Crippen LogP contribution in [0.1, 0.15) is 46.9 Å². The molecule has 1 atom stereocenters. The van der Waals surface area contributed by atoms with E-state index in [2.05, 4.69) is 27.5 Å². The number of aromatic nitrogens is 2. The average molecular weight is 480 g/mol. The summed E-state index contributed by atoms with van der Waals surface area (Å²) in [4.78, 5) is 25.5. The lowest BCUT2D eigenvalue weighted by molar-refractivity contribution is -0.139. The Kier molecular flexibility index (Phi) is 5.36. The van der Waals surface area contributed by atoms with Crippen LogP contribution in [0.15, 0.2) is 47.1 Å². The van der Waals surface area contributed by atoms with Gasteiger partial charge >= 0.3 is 12.1 Å². The molecule has 0 spiro atoms. The maximum absolute atomic E-state index is 12.2. The van der Waals surface area contributed by atoms with E-state index in [1.54, 1.807) is 6.92 Å². The van der Waals surface area contributed by atoms with Crippen LogP contribution in [0, 0.1) is 11.8 Å². The lowest BCUT2D eigenvalue weighted by Crippen LogP contribution is -2.17. The van der Waals surface area contributed by atoms with Gasteiger partial charge in [0.25, 0.3) is 0 Å². The lowest BCUT2D eigenvalue weighted by atomic mass is 10.1. The van der Waals surface area contributed by atoms with Crippen molar-refractivity contribution < 1.29 is 24.1 Å². The van der Waals surface area contributed by atoms with Crippen LogP contribution in [0.5, 0.6) is 0 Å². The Hall–Kier alpha value is -3.68. The van der Waals surface area contributed by atoms with Gasteiger partial charge in [0, 0.05) is 14.3 Å². The summed E-state index contributed by atoms with van der Waals surface area (Å²) in [5.41, 5.74) is 0.344. The maximum atomic E-state index is 12.2. The summed E-state index contributed by atoms with van der Waals surface area (Å²) in [6, 6.07) is 13.2. The molecule has 1 unspecified atom stereocenters. The molecule has 1 aliphatic carbocycles. The molecule has 33 heavy (non-hydrogen) atoms. The van der Waals surface area contributed by atoms with Gasteiger partial charge in [0.15, 0.2) is 0 Å². The molecule has 4 aromatic rings. The number of carbonyl (C=O) groups excluding carboxylic acids is 1. The first kappa shape index (κ1) is 21.2. The number of fused-ring (bicyclic) bond motifs is 1. The van der Waals surface area contributed by atoms with Crippen LogP contribution in [-0.4, -0.2) is 27.5 Å². The fourth-order valence-corrected chi connectivity index (χ4v) is 5.86. The summed E-state index contributed by atoms with van der Waals surface area (Å²) in [6.45, 7) is 1.77. The van der Waals surface area contributed by atoms with E-state index in [-0.39, 0.29) is 11.5 Å². The molecule has 0 aliphatic heterocycles. The normalized spacial score (nSPS) is 14.8. The number of carboxylic acids is 1. The van der Waals surface area contributed by atoms with Crippen LogP contribution in [0.2, 0.25) is 0 Å². The van der Waals surface area contributed by atoms with Crippen LogP contribution in [0.4, 0.5) is 10.6 Å². The second-order valence-electron chi connectivity index (χ2n) is 7.63. The molecule has 0 radical (unpaired) electrons. The van der Waals surface area contributed by atoms with Gasteiger partial charge in [-0.1, -0.05) is 30.3 Å². The number of hydrogen-bond donors (Lipinski definition) is 2. The number of carbonyl (C=O) groups is 2. The number of thiophene rings is 2. The molecule has 3 aromatic heterocycles. The number of hydrogen-bond acceptors (Lipinski definition) is 8. The zero-order valence-electron chi connectivity index (χ0n) is 17.3. The second kappa shape index (κ2) is 8.35. The van der Waals surface area contributed by atoms with Crippen LogP contribution >= 0.6 is 22.7 Å². The van der Waals surface area contributed by atoms with Crippen LogP contribution < -0.4 is 5.32 Å². The van der Waals surface area contributed by atoms with Crippen molar-refractivity contribution in [3.8, 4) is 11.8 Å². The van der Waals surface area contributed by atoms with Crippen molar-refractivity contribution in [1.29, 1.82) is 0 Å².